The molecular weight excluding hydrogens is 252 g/mol. The number of ether oxygens (including phenoxy) is 3. The van der Waals surface area contributed by atoms with Crippen molar-refractivity contribution in [1.82, 2.24) is 0 Å². The van der Waals surface area contributed by atoms with Gasteiger partial charge in [-0.15, -0.1) is 0 Å². The summed E-state index contributed by atoms with van der Waals surface area (Å²) >= 11 is 0. The zero-order valence-electron chi connectivity index (χ0n) is 10.8. The first kappa shape index (κ1) is 12.4. The molecule has 1 saturated heterocycles. The Morgan fingerprint density at radius 3 is 2.47 bits per heavy atom. The molecule has 0 aromatic heterocycles. The number of carbonyl (C=O) groups excluding carboxylic acids is 3. The second-order valence-electron chi connectivity index (χ2n) is 5.52. The summed E-state index contributed by atoms with van der Waals surface area (Å²) in [5.74, 6) is -1.33. The highest BCUT2D eigenvalue weighted by Gasteiger charge is 2.66. The fraction of sp³-hybridized carbons (Fsp3) is 0.769. The van der Waals surface area contributed by atoms with Crippen molar-refractivity contribution in [2.75, 3.05) is 6.61 Å². The quantitative estimate of drug-likeness (QED) is 0.529. The maximum Gasteiger partial charge on any atom is 0.309 e. The zero-order valence-corrected chi connectivity index (χ0v) is 10.8. The van der Waals surface area contributed by atoms with E-state index in [-0.39, 0.29) is 53.8 Å². The van der Waals surface area contributed by atoms with Gasteiger partial charge in [-0.25, -0.2) is 0 Å². The van der Waals surface area contributed by atoms with Crippen LogP contribution in [-0.2, 0) is 28.6 Å². The Bertz CT molecular complexity index is 444. The van der Waals surface area contributed by atoms with E-state index in [0.29, 0.717) is 13.0 Å². The van der Waals surface area contributed by atoms with E-state index in [9.17, 15) is 14.4 Å². The summed E-state index contributed by atoms with van der Waals surface area (Å²) in [5, 5.41) is 0. The minimum absolute atomic E-state index is 0.0000463. The van der Waals surface area contributed by atoms with Gasteiger partial charge in [0.1, 0.15) is 12.2 Å². The molecule has 6 nitrogen and oxygen atoms in total. The van der Waals surface area contributed by atoms with Gasteiger partial charge in [0, 0.05) is 31.6 Å². The lowest BCUT2D eigenvalue weighted by Gasteiger charge is -2.27. The number of hydrogen-bond donors (Lipinski definition) is 0. The molecule has 0 spiro atoms. The van der Waals surface area contributed by atoms with Gasteiger partial charge in [0.25, 0.3) is 0 Å². The highest BCUT2D eigenvalue weighted by Crippen LogP contribution is 2.57. The molecule has 2 saturated carbocycles. The van der Waals surface area contributed by atoms with E-state index in [1.807, 2.05) is 0 Å². The molecule has 0 radical (unpaired) electrons. The molecule has 104 valence electrons. The molecule has 6 heteroatoms. The molecule has 0 amide bonds. The Hall–Kier alpha value is -1.59. The van der Waals surface area contributed by atoms with E-state index in [1.165, 1.54) is 13.8 Å². The second-order valence-corrected chi connectivity index (χ2v) is 5.52. The predicted octanol–water partition coefficient (Wildman–Crippen LogP) is 0.289. The van der Waals surface area contributed by atoms with Crippen molar-refractivity contribution in [2.45, 2.75) is 32.5 Å². The normalized spacial score (nSPS) is 42.7. The van der Waals surface area contributed by atoms with E-state index in [0.717, 1.165) is 0 Å². The molecule has 3 fully saturated rings. The number of hydrogen-bond acceptors (Lipinski definition) is 6. The van der Waals surface area contributed by atoms with Crippen LogP contribution in [0.25, 0.3) is 0 Å². The van der Waals surface area contributed by atoms with Gasteiger partial charge in [0.2, 0.25) is 0 Å². The van der Waals surface area contributed by atoms with Crippen LogP contribution >= 0.6 is 0 Å². The van der Waals surface area contributed by atoms with Crippen molar-refractivity contribution in [3.63, 3.8) is 0 Å². The summed E-state index contributed by atoms with van der Waals surface area (Å²) in [5.41, 5.74) is 0. The van der Waals surface area contributed by atoms with Crippen LogP contribution in [0.4, 0.5) is 0 Å². The molecular formula is C13H16O6. The molecule has 0 N–H and O–H groups in total. The summed E-state index contributed by atoms with van der Waals surface area (Å²) < 4.78 is 15.7. The highest BCUT2D eigenvalue weighted by molar-refractivity contribution is 5.77. The van der Waals surface area contributed by atoms with Crippen LogP contribution < -0.4 is 0 Å². The highest BCUT2D eigenvalue weighted by atomic mass is 16.6. The van der Waals surface area contributed by atoms with Gasteiger partial charge in [0.05, 0.1) is 12.5 Å². The van der Waals surface area contributed by atoms with Crippen LogP contribution in [0.5, 0.6) is 0 Å². The predicted molar refractivity (Wildman–Crippen MR) is 60.6 cm³/mol. The topological polar surface area (TPSA) is 78.9 Å². The minimum atomic E-state index is -0.364. The van der Waals surface area contributed by atoms with E-state index in [4.69, 9.17) is 14.2 Å². The van der Waals surface area contributed by atoms with Crippen LogP contribution in [0, 0.1) is 23.7 Å². The number of carbonyl (C=O) groups is 3. The lowest BCUT2D eigenvalue weighted by atomic mass is 9.80. The Kier molecular flexibility index (Phi) is 2.76. The summed E-state index contributed by atoms with van der Waals surface area (Å²) in [7, 11) is 0. The van der Waals surface area contributed by atoms with Crippen molar-refractivity contribution in [2.24, 2.45) is 23.7 Å². The van der Waals surface area contributed by atoms with Crippen molar-refractivity contribution >= 4 is 17.9 Å². The number of esters is 3. The smallest absolute Gasteiger partial charge is 0.309 e. The molecule has 3 rings (SSSR count). The Labute approximate surface area is 110 Å². The molecule has 6 atom stereocenters. The summed E-state index contributed by atoms with van der Waals surface area (Å²) in [6, 6.07) is 0. The third kappa shape index (κ3) is 1.81. The Morgan fingerprint density at radius 2 is 1.84 bits per heavy atom. The monoisotopic (exact) mass is 268 g/mol. The zero-order chi connectivity index (χ0) is 13.7. The maximum atomic E-state index is 11.7. The Morgan fingerprint density at radius 1 is 1.16 bits per heavy atom. The van der Waals surface area contributed by atoms with Crippen LogP contribution in [0.3, 0.4) is 0 Å². The first-order valence-electron chi connectivity index (χ1n) is 6.50. The van der Waals surface area contributed by atoms with Crippen molar-refractivity contribution in [3.8, 4) is 0 Å². The number of fused-ring (bicyclic) bond motifs is 5. The molecule has 1 heterocycles. The molecule has 3 aliphatic rings. The molecule has 0 aromatic rings. The molecule has 0 aromatic carbocycles. The van der Waals surface area contributed by atoms with Gasteiger partial charge in [-0.05, 0) is 6.42 Å². The largest absolute Gasteiger partial charge is 0.465 e. The van der Waals surface area contributed by atoms with Gasteiger partial charge in [-0.2, -0.15) is 0 Å². The average molecular weight is 268 g/mol. The summed E-state index contributed by atoms with van der Waals surface area (Å²) in [6.45, 7) is 3.05. The third-order valence-electron chi connectivity index (χ3n) is 4.46. The van der Waals surface area contributed by atoms with Gasteiger partial charge in [-0.3, -0.25) is 14.4 Å². The van der Waals surface area contributed by atoms with Gasteiger partial charge >= 0.3 is 17.9 Å². The lowest BCUT2D eigenvalue weighted by Crippen LogP contribution is -2.35. The van der Waals surface area contributed by atoms with Crippen molar-refractivity contribution in [1.29, 1.82) is 0 Å². The standard InChI is InChI=1S/C13H16O6/c1-5(14)18-9-3-7-10-8(4-17-13(10)16)11(9)12(7)19-6(2)15/h7-12H,3-4H2,1-2H3/t7-,8-,9-,10-,11-,12-/m1/s1. The molecule has 1 aliphatic heterocycles. The first-order valence-corrected chi connectivity index (χ1v) is 6.50. The molecule has 2 bridgehead atoms. The van der Waals surface area contributed by atoms with Crippen LogP contribution in [0.15, 0.2) is 0 Å². The molecule has 19 heavy (non-hydrogen) atoms. The second kappa shape index (κ2) is 4.21. The molecule has 0 unspecified atom stereocenters. The van der Waals surface area contributed by atoms with Crippen molar-refractivity contribution in [3.05, 3.63) is 0 Å². The lowest BCUT2D eigenvalue weighted by molar-refractivity contribution is -0.155. The maximum absolute atomic E-state index is 11.7. The van der Waals surface area contributed by atoms with Gasteiger partial charge in [0.15, 0.2) is 0 Å². The Balaban J connectivity index is 1.85. The minimum Gasteiger partial charge on any atom is -0.465 e. The fourth-order valence-corrected chi connectivity index (χ4v) is 4.02. The molecule has 2 aliphatic carbocycles. The summed E-state index contributed by atoms with van der Waals surface area (Å²) in [4.78, 5) is 34.1. The van der Waals surface area contributed by atoms with E-state index in [2.05, 4.69) is 0 Å². The van der Waals surface area contributed by atoms with Crippen LogP contribution in [0.1, 0.15) is 20.3 Å². The number of cyclic esters (lactones) is 1. The number of rotatable bonds is 2. The van der Waals surface area contributed by atoms with Gasteiger partial charge in [-0.1, -0.05) is 0 Å². The summed E-state index contributed by atoms with van der Waals surface area (Å²) in [6.07, 6.45) is -0.0364. The SMILES string of the molecule is CC(=O)O[C@@H]1[C@@H]2C[C@@H](OC(C)=O)[C@H]1[C@@H]1COC(=O)[C@@H]12. The first-order chi connectivity index (χ1) is 8.99. The van der Waals surface area contributed by atoms with Crippen LogP contribution in [0.2, 0.25) is 0 Å². The van der Waals surface area contributed by atoms with E-state index in [1.54, 1.807) is 0 Å². The average Bonchev–Trinajstić information content (AvgIpc) is 2.89. The van der Waals surface area contributed by atoms with Crippen LogP contribution in [-0.4, -0.2) is 36.7 Å². The fourth-order valence-electron chi connectivity index (χ4n) is 4.02. The van der Waals surface area contributed by atoms with E-state index >= 15 is 0 Å². The van der Waals surface area contributed by atoms with Crippen molar-refractivity contribution < 1.29 is 28.6 Å². The van der Waals surface area contributed by atoms with Gasteiger partial charge < -0.3 is 14.2 Å². The third-order valence-corrected chi connectivity index (χ3v) is 4.46. The van der Waals surface area contributed by atoms with E-state index < -0.39 is 0 Å².